The number of amides is 2. The lowest BCUT2D eigenvalue weighted by Gasteiger charge is -2.11. The van der Waals surface area contributed by atoms with Crippen LogP contribution in [0.25, 0.3) is 0 Å². The molecule has 0 unspecified atom stereocenters. The lowest BCUT2D eigenvalue weighted by Crippen LogP contribution is -2.24. The number of hydrogen-bond acceptors (Lipinski definition) is 4. The summed E-state index contributed by atoms with van der Waals surface area (Å²) >= 11 is 0. The number of hydrogen-bond donors (Lipinski definition) is 2. The van der Waals surface area contributed by atoms with E-state index in [1.54, 1.807) is 7.11 Å². The normalized spacial score (nSPS) is 10.5. The summed E-state index contributed by atoms with van der Waals surface area (Å²) in [6, 6.07) is 12.6. The van der Waals surface area contributed by atoms with Gasteiger partial charge < -0.3 is 14.8 Å². The van der Waals surface area contributed by atoms with Gasteiger partial charge in [0.1, 0.15) is 0 Å². The Kier molecular flexibility index (Phi) is 6.19. The first kappa shape index (κ1) is 17.3. The molecule has 2 aromatic carbocycles. The fraction of sp³-hybridized carbons (Fsp3) is 0.222. The van der Waals surface area contributed by atoms with Gasteiger partial charge in [-0.05, 0) is 37.6 Å². The maximum absolute atomic E-state index is 11.9. The van der Waals surface area contributed by atoms with Crippen LogP contribution in [0.5, 0.6) is 11.5 Å². The lowest BCUT2D eigenvalue weighted by molar-refractivity contribution is 0.252. The number of para-hydroxylation sites is 2. The Labute approximate surface area is 141 Å². The summed E-state index contributed by atoms with van der Waals surface area (Å²) in [5.41, 5.74) is 4.85. The van der Waals surface area contributed by atoms with Crippen LogP contribution in [0, 0.1) is 6.92 Å². The molecule has 0 aliphatic heterocycles. The molecule has 2 aromatic rings. The Morgan fingerprint density at radius 3 is 2.71 bits per heavy atom. The molecule has 0 aliphatic carbocycles. The molecule has 0 heterocycles. The number of benzene rings is 2. The number of aryl methyl sites for hydroxylation is 1. The van der Waals surface area contributed by atoms with E-state index in [0.717, 1.165) is 11.3 Å². The van der Waals surface area contributed by atoms with Crippen molar-refractivity contribution in [3.63, 3.8) is 0 Å². The Balaban J connectivity index is 2.02. The maximum Gasteiger partial charge on any atom is 0.339 e. The van der Waals surface area contributed by atoms with Crippen LogP contribution in [-0.2, 0) is 0 Å². The quantitative estimate of drug-likeness (QED) is 0.629. The second-order valence-electron chi connectivity index (χ2n) is 4.95. The standard InChI is InChI=1S/C18H21N3O3/c1-4-24-16-11-7-9-14(17(16)23-3)12-19-21-18(22)20-15-10-6-5-8-13(15)2/h5-12H,4H2,1-3H3,(H2,20,21,22)/b19-12-. The highest BCUT2D eigenvalue weighted by atomic mass is 16.5. The molecule has 2 rings (SSSR count). The van der Waals surface area contributed by atoms with E-state index >= 15 is 0 Å². The van der Waals surface area contributed by atoms with Crippen LogP contribution in [0.2, 0.25) is 0 Å². The van der Waals surface area contributed by atoms with Gasteiger partial charge >= 0.3 is 6.03 Å². The van der Waals surface area contributed by atoms with Crippen LogP contribution in [0.4, 0.5) is 10.5 Å². The van der Waals surface area contributed by atoms with Crippen LogP contribution in [-0.4, -0.2) is 26.0 Å². The number of nitrogens with zero attached hydrogens (tertiary/aromatic N) is 1. The molecule has 0 aliphatic rings. The van der Waals surface area contributed by atoms with Crippen molar-refractivity contribution in [3.05, 3.63) is 53.6 Å². The smallest absolute Gasteiger partial charge is 0.339 e. The van der Waals surface area contributed by atoms with Gasteiger partial charge in [0.05, 0.1) is 19.9 Å². The summed E-state index contributed by atoms with van der Waals surface area (Å²) in [5.74, 6) is 1.21. The first-order valence-electron chi connectivity index (χ1n) is 7.61. The molecule has 6 nitrogen and oxygen atoms in total. The van der Waals surface area contributed by atoms with Gasteiger partial charge in [-0.1, -0.05) is 24.3 Å². The van der Waals surface area contributed by atoms with Crippen LogP contribution in [0.1, 0.15) is 18.1 Å². The van der Waals surface area contributed by atoms with Crippen LogP contribution >= 0.6 is 0 Å². The molecule has 0 atom stereocenters. The Morgan fingerprint density at radius 1 is 1.21 bits per heavy atom. The average molecular weight is 327 g/mol. The summed E-state index contributed by atoms with van der Waals surface area (Å²) < 4.78 is 10.9. The monoisotopic (exact) mass is 327 g/mol. The summed E-state index contributed by atoms with van der Waals surface area (Å²) in [6.07, 6.45) is 1.51. The number of hydrazone groups is 1. The van der Waals surface area contributed by atoms with Gasteiger partial charge in [0.2, 0.25) is 0 Å². The maximum atomic E-state index is 11.9. The van der Waals surface area contributed by atoms with Gasteiger partial charge in [-0.3, -0.25) is 0 Å². The topological polar surface area (TPSA) is 72.0 Å². The molecule has 24 heavy (non-hydrogen) atoms. The minimum atomic E-state index is -0.416. The number of methoxy groups -OCH3 is 1. The molecule has 0 saturated heterocycles. The first-order valence-corrected chi connectivity index (χ1v) is 7.61. The summed E-state index contributed by atoms with van der Waals surface area (Å²) in [6.45, 7) is 4.36. The van der Waals surface area contributed by atoms with Gasteiger partial charge in [0.15, 0.2) is 11.5 Å². The molecule has 6 heteroatoms. The van der Waals surface area contributed by atoms with Crippen molar-refractivity contribution in [2.24, 2.45) is 5.10 Å². The van der Waals surface area contributed by atoms with E-state index in [4.69, 9.17) is 9.47 Å². The van der Waals surface area contributed by atoms with E-state index in [9.17, 15) is 4.79 Å². The van der Waals surface area contributed by atoms with E-state index < -0.39 is 6.03 Å². The molecule has 2 N–H and O–H groups in total. The van der Waals surface area contributed by atoms with Crippen molar-refractivity contribution in [1.29, 1.82) is 0 Å². The third-order valence-corrected chi connectivity index (χ3v) is 3.28. The van der Waals surface area contributed by atoms with Gasteiger partial charge in [-0.15, -0.1) is 0 Å². The van der Waals surface area contributed by atoms with E-state index in [1.165, 1.54) is 6.21 Å². The highest BCUT2D eigenvalue weighted by Gasteiger charge is 2.08. The molecular formula is C18H21N3O3. The van der Waals surface area contributed by atoms with Crippen molar-refractivity contribution in [1.82, 2.24) is 5.43 Å². The first-order chi connectivity index (χ1) is 11.7. The van der Waals surface area contributed by atoms with E-state index in [2.05, 4.69) is 15.8 Å². The van der Waals surface area contributed by atoms with Gasteiger partial charge in [-0.25, -0.2) is 10.2 Å². The second-order valence-corrected chi connectivity index (χ2v) is 4.95. The Bertz CT molecular complexity index is 729. The largest absolute Gasteiger partial charge is 0.492 e. The minimum absolute atomic E-state index is 0.416. The molecule has 2 amide bonds. The predicted molar refractivity (Wildman–Crippen MR) is 95.1 cm³/mol. The Morgan fingerprint density at radius 2 is 2.00 bits per heavy atom. The molecule has 0 aromatic heterocycles. The van der Waals surface area contributed by atoms with Crippen molar-refractivity contribution < 1.29 is 14.3 Å². The zero-order valence-electron chi connectivity index (χ0n) is 14.0. The van der Waals surface area contributed by atoms with Gasteiger partial charge in [0.25, 0.3) is 0 Å². The molecule has 0 radical (unpaired) electrons. The molecular weight excluding hydrogens is 306 g/mol. The fourth-order valence-electron chi connectivity index (χ4n) is 2.15. The lowest BCUT2D eigenvalue weighted by atomic mass is 10.2. The summed E-state index contributed by atoms with van der Waals surface area (Å²) in [7, 11) is 1.56. The second kappa shape index (κ2) is 8.57. The molecule has 0 saturated carbocycles. The number of rotatable bonds is 6. The number of nitrogens with one attached hydrogen (secondary N) is 2. The minimum Gasteiger partial charge on any atom is -0.492 e. The highest BCUT2D eigenvalue weighted by Crippen LogP contribution is 2.29. The molecule has 0 spiro atoms. The van der Waals surface area contributed by atoms with Crippen molar-refractivity contribution in [2.45, 2.75) is 13.8 Å². The number of anilines is 1. The summed E-state index contributed by atoms with van der Waals surface area (Å²) in [4.78, 5) is 11.9. The van der Waals surface area contributed by atoms with Crippen LogP contribution < -0.4 is 20.2 Å². The average Bonchev–Trinajstić information content (AvgIpc) is 2.57. The SMILES string of the molecule is CCOc1cccc(/C=N\NC(=O)Nc2ccccc2C)c1OC. The summed E-state index contributed by atoms with van der Waals surface area (Å²) in [5, 5.41) is 6.69. The molecule has 126 valence electrons. The van der Waals surface area contributed by atoms with Crippen molar-refractivity contribution in [3.8, 4) is 11.5 Å². The third kappa shape index (κ3) is 4.49. The van der Waals surface area contributed by atoms with Crippen LogP contribution in [0.15, 0.2) is 47.6 Å². The van der Waals surface area contributed by atoms with E-state index in [1.807, 2.05) is 56.3 Å². The molecule has 0 bridgehead atoms. The van der Waals surface area contributed by atoms with Crippen molar-refractivity contribution in [2.75, 3.05) is 19.0 Å². The zero-order valence-corrected chi connectivity index (χ0v) is 14.0. The number of carbonyl (C=O) groups excluding carboxylic acids is 1. The Hall–Kier alpha value is -3.02. The molecule has 0 fully saturated rings. The predicted octanol–water partition coefficient (Wildman–Crippen LogP) is 3.56. The van der Waals surface area contributed by atoms with Gasteiger partial charge in [-0.2, -0.15) is 5.10 Å². The van der Waals surface area contributed by atoms with Gasteiger partial charge in [0, 0.05) is 11.3 Å². The van der Waals surface area contributed by atoms with E-state index in [-0.39, 0.29) is 0 Å². The zero-order chi connectivity index (χ0) is 17.4. The number of urea groups is 1. The fourth-order valence-corrected chi connectivity index (χ4v) is 2.15. The highest BCUT2D eigenvalue weighted by molar-refractivity contribution is 5.91. The van der Waals surface area contributed by atoms with Crippen molar-refractivity contribution >= 4 is 17.9 Å². The van der Waals surface area contributed by atoms with Crippen LogP contribution in [0.3, 0.4) is 0 Å². The third-order valence-electron chi connectivity index (χ3n) is 3.28. The number of carbonyl (C=O) groups is 1. The van der Waals surface area contributed by atoms with E-state index in [0.29, 0.717) is 23.7 Å². The number of ether oxygens (including phenoxy) is 2.